The van der Waals surface area contributed by atoms with Gasteiger partial charge in [0.05, 0.1) is 6.04 Å². The molecule has 0 rings (SSSR count). The van der Waals surface area contributed by atoms with Crippen LogP contribution in [0, 0.1) is 11.8 Å². The van der Waals surface area contributed by atoms with E-state index in [1.807, 2.05) is 0 Å². The van der Waals surface area contributed by atoms with Gasteiger partial charge in [0.1, 0.15) is 11.6 Å². The number of hydrazine groups is 1. The van der Waals surface area contributed by atoms with Crippen molar-refractivity contribution < 1.29 is 19.1 Å². The fraction of sp³-hybridized carbons (Fsp3) is 0.800. The normalized spacial score (nSPS) is 14.2. The van der Waals surface area contributed by atoms with Gasteiger partial charge in [-0.15, -0.1) is 0 Å². The van der Waals surface area contributed by atoms with Gasteiger partial charge in [0.25, 0.3) is 11.8 Å². The Morgan fingerprint density at radius 1 is 0.913 bits per heavy atom. The summed E-state index contributed by atoms with van der Waals surface area (Å²) in [6, 6.07) is -1.58. The highest BCUT2D eigenvalue weighted by atomic mass is 16.6. The summed E-state index contributed by atoms with van der Waals surface area (Å²) in [5, 5.41) is 2.49. The van der Waals surface area contributed by atoms with Crippen LogP contribution < -0.4 is 21.9 Å². The number of ether oxygens (including phenoxy) is 1. The number of hydrogen-bond acceptors (Lipinski definition) is 5. The first kappa shape index (κ1) is 21.2. The van der Waals surface area contributed by atoms with Gasteiger partial charge in [-0.05, 0) is 32.6 Å². The van der Waals surface area contributed by atoms with Crippen molar-refractivity contribution in [3.8, 4) is 0 Å². The van der Waals surface area contributed by atoms with Crippen LogP contribution in [-0.4, -0.2) is 35.6 Å². The summed E-state index contributed by atoms with van der Waals surface area (Å²) in [4.78, 5) is 35.7. The van der Waals surface area contributed by atoms with Crippen LogP contribution in [0.4, 0.5) is 4.79 Å². The monoisotopic (exact) mass is 330 g/mol. The lowest BCUT2D eigenvalue weighted by Crippen LogP contribution is -2.57. The van der Waals surface area contributed by atoms with E-state index in [-0.39, 0.29) is 11.8 Å². The van der Waals surface area contributed by atoms with Crippen molar-refractivity contribution >= 4 is 17.9 Å². The summed E-state index contributed by atoms with van der Waals surface area (Å²) in [5.41, 5.74) is 9.56. The van der Waals surface area contributed by atoms with Crippen LogP contribution in [0.3, 0.4) is 0 Å². The van der Waals surface area contributed by atoms with E-state index >= 15 is 0 Å². The fourth-order valence-corrected chi connectivity index (χ4v) is 1.56. The minimum Gasteiger partial charge on any atom is -0.444 e. The molecule has 23 heavy (non-hydrogen) atoms. The molecular weight excluding hydrogens is 300 g/mol. The summed E-state index contributed by atoms with van der Waals surface area (Å²) in [6.07, 6.45) is -0.698. The van der Waals surface area contributed by atoms with Crippen LogP contribution >= 0.6 is 0 Å². The zero-order valence-corrected chi connectivity index (χ0v) is 15.0. The van der Waals surface area contributed by atoms with E-state index in [4.69, 9.17) is 10.5 Å². The summed E-state index contributed by atoms with van der Waals surface area (Å²) >= 11 is 0. The minimum atomic E-state index is -0.847. The van der Waals surface area contributed by atoms with E-state index in [2.05, 4.69) is 16.2 Å². The Morgan fingerprint density at radius 3 is 1.78 bits per heavy atom. The van der Waals surface area contributed by atoms with Crippen molar-refractivity contribution in [3.63, 3.8) is 0 Å². The number of amides is 3. The Labute approximate surface area is 137 Å². The van der Waals surface area contributed by atoms with Gasteiger partial charge in [0.2, 0.25) is 0 Å². The number of alkyl carbamates (subject to hydrolysis) is 1. The highest BCUT2D eigenvalue weighted by Crippen LogP contribution is 2.08. The van der Waals surface area contributed by atoms with Crippen molar-refractivity contribution in [2.45, 2.75) is 66.2 Å². The van der Waals surface area contributed by atoms with Crippen molar-refractivity contribution in [1.29, 1.82) is 0 Å². The lowest BCUT2D eigenvalue weighted by Gasteiger charge is -2.25. The molecule has 8 heteroatoms. The first-order chi connectivity index (χ1) is 10.3. The molecule has 8 nitrogen and oxygen atoms in total. The number of nitrogens with one attached hydrogen (secondary N) is 3. The second kappa shape index (κ2) is 8.71. The first-order valence-corrected chi connectivity index (χ1v) is 7.70. The van der Waals surface area contributed by atoms with Crippen molar-refractivity contribution in [3.05, 3.63) is 0 Å². The Morgan fingerprint density at radius 2 is 1.39 bits per heavy atom. The number of rotatable bonds is 5. The number of carbonyl (C=O) groups is 3. The van der Waals surface area contributed by atoms with Gasteiger partial charge in [0.15, 0.2) is 0 Å². The van der Waals surface area contributed by atoms with Crippen LogP contribution in [0.1, 0.15) is 48.5 Å². The van der Waals surface area contributed by atoms with E-state index in [9.17, 15) is 14.4 Å². The summed E-state index contributed by atoms with van der Waals surface area (Å²) < 4.78 is 5.13. The zero-order valence-electron chi connectivity index (χ0n) is 15.0. The molecule has 0 aromatic heterocycles. The van der Waals surface area contributed by atoms with Crippen LogP contribution in [0.15, 0.2) is 0 Å². The summed E-state index contributed by atoms with van der Waals surface area (Å²) in [6.45, 7) is 12.3. The largest absolute Gasteiger partial charge is 0.444 e. The van der Waals surface area contributed by atoms with Crippen LogP contribution in [0.25, 0.3) is 0 Å². The maximum absolute atomic E-state index is 12.1. The molecule has 0 unspecified atom stereocenters. The summed E-state index contributed by atoms with van der Waals surface area (Å²) in [7, 11) is 0. The van der Waals surface area contributed by atoms with Gasteiger partial charge in [-0.3, -0.25) is 20.4 Å². The van der Waals surface area contributed by atoms with Gasteiger partial charge in [-0.2, -0.15) is 0 Å². The predicted molar refractivity (Wildman–Crippen MR) is 87.1 cm³/mol. The molecule has 0 saturated carbocycles. The van der Waals surface area contributed by atoms with Crippen LogP contribution in [0.2, 0.25) is 0 Å². The average Bonchev–Trinajstić information content (AvgIpc) is 2.38. The highest BCUT2D eigenvalue weighted by molar-refractivity contribution is 5.89. The fourth-order valence-electron chi connectivity index (χ4n) is 1.56. The molecule has 0 fully saturated rings. The second-order valence-corrected chi connectivity index (χ2v) is 7.12. The SMILES string of the molecule is CC(C)[C@H](N)C(=O)NNC(=O)[C@@H](NC(=O)OC(C)(C)C)C(C)C. The Kier molecular flexibility index (Phi) is 8.02. The van der Waals surface area contributed by atoms with E-state index in [1.165, 1.54) is 0 Å². The molecule has 0 radical (unpaired) electrons. The third kappa shape index (κ3) is 8.39. The molecule has 0 aliphatic rings. The quantitative estimate of drug-likeness (QED) is 0.552. The third-order valence-corrected chi connectivity index (χ3v) is 2.95. The number of carbonyl (C=O) groups excluding carboxylic acids is 3. The predicted octanol–water partition coefficient (Wildman–Crippen LogP) is 0.666. The second-order valence-electron chi connectivity index (χ2n) is 7.12. The molecule has 0 aliphatic carbocycles. The molecule has 0 aromatic carbocycles. The lowest BCUT2D eigenvalue weighted by molar-refractivity contribution is -0.131. The van der Waals surface area contributed by atoms with Gasteiger partial charge < -0.3 is 15.8 Å². The molecule has 0 aliphatic heterocycles. The standard InChI is InChI=1S/C15H30N4O4/c1-8(2)10(16)12(20)18-19-13(21)11(9(3)4)17-14(22)23-15(5,6)7/h8-11H,16H2,1-7H3,(H,17,22)(H,18,20)(H,19,21)/t10-,11-/m0/s1. The molecule has 0 spiro atoms. The number of hydrogen-bond donors (Lipinski definition) is 4. The highest BCUT2D eigenvalue weighted by Gasteiger charge is 2.27. The molecule has 3 amide bonds. The molecule has 0 heterocycles. The Bertz CT molecular complexity index is 430. The Balaban J connectivity index is 4.64. The third-order valence-electron chi connectivity index (χ3n) is 2.95. The van der Waals surface area contributed by atoms with E-state index in [1.54, 1.807) is 48.5 Å². The van der Waals surface area contributed by atoms with Crippen LogP contribution in [-0.2, 0) is 14.3 Å². The molecular formula is C15H30N4O4. The van der Waals surface area contributed by atoms with Gasteiger partial charge in [-0.25, -0.2) is 4.79 Å². The minimum absolute atomic E-state index is 0.0623. The molecule has 134 valence electrons. The van der Waals surface area contributed by atoms with Crippen LogP contribution in [0.5, 0.6) is 0 Å². The summed E-state index contributed by atoms with van der Waals surface area (Å²) in [5.74, 6) is -1.30. The van der Waals surface area contributed by atoms with Crippen molar-refractivity contribution in [1.82, 2.24) is 16.2 Å². The van der Waals surface area contributed by atoms with Gasteiger partial charge in [0, 0.05) is 0 Å². The average molecular weight is 330 g/mol. The zero-order chi connectivity index (χ0) is 18.4. The van der Waals surface area contributed by atoms with E-state index < -0.39 is 35.6 Å². The Hall–Kier alpha value is -1.83. The van der Waals surface area contributed by atoms with E-state index in [0.717, 1.165) is 0 Å². The van der Waals surface area contributed by atoms with Gasteiger partial charge >= 0.3 is 6.09 Å². The molecule has 2 atom stereocenters. The maximum atomic E-state index is 12.1. The lowest BCUT2D eigenvalue weighted by atomic mass is 10.0. The maximum Gasteiger partial charge on any atom is 0.408 e. The van der Waals surface area contributed by atoms with Crippen molar-refractivity contribution in [2.24, 2.45) is 17.6 Å². The smallest absolute Gasteiger partial charge is 0.408 e. The van der Waals surface area contributed by atoms with E-state index in [0.29, 0.717) is 0 Å². The van der Waals surface area contributed by atoms with Gasteiger partial charge in [-0.1, -0.05) is 27.7 Å². The molecule has 0 saturated heterocycles. The molecule has 0 aromatic rings. The topological polar surface area (TPSA) is 123 Å². The number of nitrogens with two attached hydrogens (primary N) is 1. The molecule has 5 N–H and O–H groups in total. The van der Waals surface area contributed by atoms with Crippen molar-refractivity contribution in [2.75, 3.05) is 0 Å². The molecule has 0 bridgehead atoms. The first-order valence-electron chi connectivity index (χ1n) is 7.70.